The molecular weight excluding hydrogens is 168 g/mol. The minimum atomic E-state index is 0.855. The molecule has 0 nitrogen and oxygen atoms in total. The van der Waals surface area contributed by atoms with Gasteiger partial charge in [0.05, 0.1) is 0 Å². The number of rotatable bonds is 2. The van der Waals surface area contributed by atoms with Gasteiger partial charge in [-0.2, -0.15) is 0 Å². The molecule has 0 aliphatic heterocycles. The van der Waals surface area contributed by atoms with Crippen molar-refractivity contribution in [2.45, 2.75) is 39.5 Å². The Labute approximate surface area is 86.7 Å². The summed E-state index contributed by atoms with van der Waals surface area (Å²) in [4.78, 5) is 0. The Morgan fingerprint density at radius 2 is 1.86 bits per heavy atom. The third kappa shape index (κ3) is 1.61. The molecule has 0 heterocycles. The molecule has 1 fully saturated rings. The van der Waals surface area contributed by atoms with Gasteiger partial charge in [-0.3, -0.25) is 0 Å². The summed E-state index contributed by atoms with van der Waals surface area (Å²) in [5.74, 6) is 0.855. The van der Waals surface area contributed by atoms with Crippen LogP contribution in [0.2, 0.25) is 0 Å². The molecule has 0 bridgehead atoms. The fourth-order valence-electron chi connectivity index (χ4n) is 2.13. The van der Waals surface area contributed by atoms with Crippen LogP contribution in [0.5, 0.6) is 0 Å². The van der Waals surface area contributed by atoms with Crippen LogP contribution in [0.15, 0.2) is 18.7 Å². The monoisotopic (exact) mass is 186 g/mol. The summed E-state index contributed by atoms with van der Waals surface area (Å²) >= 11 is 0. The Hall–Kier alpha value is -1.04. The summed E-state index contributed by atoms with van der Waals surface area (Å²) in [6, 6.07) is 4.66. The molecule has 1 aromatic rings. The summed E-state index contributed by atoms with van der Waals surface area (Å²) in [5, 5.41) is 0. The predicted octanol–water partition coefficient (Wildman–Crippen LogP) is 4.21. The smallest absolute Gasteiger partial charge is 0.0159 e. The summed E-state index contributed by atoms with van der Waals surface area (Å²) in [6.07, 6.45) is 2.76. The van der Waals surface area contributed by atoms with Crippen LogP contribution in [0.3, 0.4) is 0 Å². The fourth-order valence-corrected chi connectivity index (χ4v) is 2.13. The van der Waals surface area contributed by atoms with Crippen LogP contribution in [0.4, 0.5) is 0 Å². The van der Waals surface area contributed by atoms with Gasteiger partial charge in [0.1, 0.15) is 0 Å². The zero-order valence-electron chi connectivity index (χ0n) is 9.35. The molecule has 0 saturated heterocycles. The molecule has 0 unspecified atom stereocenters. The van der Waals surface area contributed by atoms with E-state index in [1.165, 1.54) is 35.1 Å². The standard InChI is InChI=1S/C14H18/c1-9(2)13-7-11(4)14(8-10(13)3)12-5-6-12/h7-8,12H,1,5-6H2,2-4H3. The highest BCUT2D eigenvalue weighted by Crippen LogP contribution is 2.42. The van der Waals surface area contributed by atoms with Gasteiger partial charge in [-0.05, 0) is 61.8 Å². The molecular formula is C14H18. The van der Waals surface area contributed by atoms with E-state index in [1.54, 1.807) is 5.56 Å². The molecule has 0 amide bonds. The van der Waals surface area contributed by atoms with Crippen molar-refractivity contribution in [1.29, 1.82) is 0 Å². The lowest BCUT2D eigenvalue weighted by Crippen LogP contribution is -1.92. The molecule has 1 aliphatic carbocycles. The van der Waals surface area contributed by atoms with Crippen LogP contribution in [-0.4, -0.2) is 0 Å². The first-order chi connectivity index (χ1) is 6.59. The maximum absolute atomic E-state index is 4.02. The van der Waals surface area contributed by atoms with Gasteiger partial charge in [0.2, 0.25) is 0 Å². The van der Waals surface area contributed by atoms with E-state index in [4.69, 9.17) is 0 Å². The topological polar surface area (TPSA) is 0 Å². The van der Waals surface area contributed by atoms with Crippen LogP contribution in [0.25, 0.3) is 5.57 Å². The zero-order chi connectivity index (χ0) is 10.3. The lowest BCUT2D eigenvalue weighted by atomic mass is 9.94. The fraction of sp³-hybridized carbons (Fsp3) is 0.429. The highest BCUT2D eigenvalue weighted by molar-refractivity contribution is 5.66. The van der Waals surface area contributed by atoms with Crippen LogP contribution in [0, 0.1) is 13.8 Å². The van der Waals surface area contributed by atoms with Crippen LogP contribution in [0.1, 0.15) is 47.9 Å². The molecule has 0 spiro atoms. The Kier molecular flexibility index (Phi) is 2.22. The Bertz CT molecular complexity index is 381. The molecule has 1 saturated carbocycles. The molecule has 0 radical (unpaired) electrons. The second kappa shape index (κ2) is 3.27. The average molecular weight is 186 g/mol. The van der Waals surface area contributed by atoms with E-state index in [-0.39, 0.29) is 0 Å². The SMILES string of the molecule is C=C(C)c1cc(C)c(C2CC2)cc1C. The van der Waals surface area contributed by atoms with Gasteiger partial charge in [-0.25, -0.2) is 0 Å². The van der Waals surface area contributed by atoms with Crippen molar-refractivity contribution in [3.05, 3.63) is 41.0 Å². The zero-order valence-corrected chi connectivity index (χ0v) is 9.35. The largest absolute Gasteiger partial charge is 0.0955 e. The number of hydrogen-bond acceptors (Lipinski definition) is 0. The van der Waals surface area contributed by atoms with E-state index in [1.807, 2.05) is 0 Å². The van der Waals surface area contributed by atoms with Gasteiger partial charge < -0.3 is 0 Å². The van der Waals surface area contributed by atoms with Crippen molar-refractivity contribution in [1.82, 2.24) is 0 Å². The van der Waals surface area contributed by atoms with E-state index in [0.29, 0.717) is 0 Å². The molecule has 0 heteroatoms. The summed E-state index contributed by atoms with van der Waals surface area (Å²) in [5.41, 5.74) is 6.88. The van der Waals surface area contributed by atoms with Crippen molar-refractivity contribution in [3.8, 4) is 0 Å². The lowest BCUT2D eigenvalue weighted by Gasteiger charge is -2.11. The molecule has 74 valence electrons. The van der Waals surface area contributed by atoms with Crippen molar-refractivity contribution >= 4 is 5.57 Å². The summed E-state index contributed by atoms with van der Waals surface area (Å²) < 4.78 is 0. The minimum absolute atomic E-state index is 0.855. The van der Waals surface area contributed by atoms with E-state index in [9.17, 15) is 0 Å². The Morgan fingerprint density at radius 1 is 1.21 bits per heavy atom. The third-order valence-corrected chi connectivity index (χ3v) is 3.09. The second-order valence-electron chi connectivity index (χ2n) is 4.58. The first kappa shape index (κ1) is 9.51. The first-order valence-corrected chi connectivity index (χ1v) is 5.36. The Balaban J connectivity index is 2.48. The van der Waals surface area contributed by atoms with Crippen LogP contribution < -0.4 is 0 Å². The van der Waals surface area contributed by atoms with Gasteiger partial charge in [0.25, 0.3) is 0 Å². The summed E-state index contributed by atoms with van der Waals surface area (Å²) in [6.45, 7) is 10.5. The van der Waals surface area contributed by atoms with E-state index in [0.717, 1.165) is 5.92 Å². The van der Waals surface area contributed by atoms with E-state index >= 15 is 0 Å². The van der Waals surface area contributed by atoms with Crippen molar-refractivity contribution in [2.24, 2.45) is 0 Å². The molecule has 0 aromatic heterocycles. The molecule has 2 rings (SSSR count). The molecule has 0 N–H and O–H groups in total. The number of hydrogen-bond donors (Lipinski definition) is 0. The second-order valence-corrected chi connectivity index (χ2v) is 4.58. The van der Waals surface area contributed by atoms with Crippen molar-refractivity contribution in [2.75, 3.05) is 0 Å². The van der Waals surface area contributed by atoms with Gasteiger partial charge >= 0.3 is 0 Å². The van der Waals surface area contributed by atoms with Gasteiger partial charge in [0, 0.05) is 0 Å². The highest BCUT2D eigenvalue weighted by atomic mass is 14.3. The predicted molar refractivity (Wildman–Crippen MR) is 62.6 cm³/mol. The average Bonchev–Trinajstić information content (AvgIpc) is 2.91. The quantitative estimate of drug-likeness (QED) is 0.649. The van der Waals surface area contributed by atoms with Gasteiger partial charge in [-0.15, -0.1) is 0 Å². The Morgan fingerprint density at radius 3 is 2.36 bits per heavy atom. The van der Waals surface area contributed by atoms with E-state index < -0.39 is 0 Å². The maximum atomic E-state index is 4.02. The third-order valence-electron chi connectivity index (χ3n) is 3.09. The van der Waals surface area contributed by atoms with Crippen LogP contribution >= 0.6 is 0 Å². The minimum Gasteiger partial charge on any atom is -0.0955 e. The summed E-state index contributed by atoms with van der Waals surface area (Å²) in [7, 11) is 0. The first-order valence-electron chi connectivity index (χ1n) is 5.36. The normalized spacial score (nSPS) is 15.6. The van der Waals surface area contributed by atoms with Crippen molar-refractivity contribution in [3.63, 3.8) is 0 Å². The maximum Gasteiger partial charge on any atom is -0.0159 e. The van der Waals surface area contributed by atoms with E-state index in [2.05, 4.69) is 39.5 Å². The van der Waals surface area contributed by atoms with Crippen molar-refractivity contribution < 1.29 is 0 Å². The number of aryl methyl sites for hydroxylation is 2. The van der Waals surface area contributed by atoms with Crippen LogP contribution in [-0.2, 0) is 0 Å². The molecule has 1 aromatic carbocycles. The van der Waals surface area contributed by atoms with Gasteiger partial charge in [-0.1, -0.05) is 24.3 Å². The molecule has 0 atom stereocenters. The lowest BCUT2D eigenvalue weighted by molar-refractivity contribution is 1.09. The van der Waals surface area contributed by atoms with Gasteiger partial charge in [0.15, 0.2) is 0 Å². The highest BCUT2D eigenvalue weighted by Gasteiger charge is 2.25. The molecule has 14 heavy (non-hydrogen) atoms. The number of allylic oxidation sites excluding steroid dienone is 1. The molecule has 1 aliphatic rings. The number of benzene rings is 1.